The van der Waals surface area contributed by atoms with Gasteiger partial charge in [0.15, 0.2) is 17.5 Å². The Balaban J connectivity index is 2.15. The van der Waals surface area contributed by atoms with Gasteiger partial charge in [0.25, 0.3) is 0 Å². The summed E-state index contributed by atoms with van der Waals surface area (Å²) in [5, 5.41) is 13.4. The zero-order valence-electron chi connectivity index (χ0n) is 10.2. The summed E-state index contributed by atoms with van der Waals surface area (Å²) >= 11 is 5.43. The highest BCUT2D eigenvalue weighted by molar-refractivity contribution is 6.18. The zero-order chi connectivity index (χ0) is 14.5. The number of carbonyl (C=O) groups excluding carboxylic acids is 1. The van der Waals surface area contributed by atoms with Crippen molar-refractivity contribution >= 4 is 17.5 Å². The van der Waals surface area contributed by atoms with Gasteiger partial charge in [-0.1, -0.05) is 0 Å². The molecule has 0 atom stereocenters. The third kappa shape index (κ3) is 3.27. The third-order valence-corrected chi connectivity index (χ3v) is 2.64. The average Bonchev–Trinajstić information content (AvgIpc) is 2.88. The number of hydrogen-bond acceptors (Lipinski definition) is 4. The fourth-order valence-corrected chi connectivity index (χ4v) is 1.66. The molecule has 0 radical (unpaired) electrons. The van der Waals surface area contributed by atoms with E-state index < -0.39 is 11.6 Å². The van der Waals surface area contributed by atoms with Crippen LogP contribution in [0.5, 0.6) is 0 Å². The van der Waals surface area contributed by atoms with Gasteiger partial charge in [0.1, 0.15) is 0 Å². The fraction of sp³-hybridized carbons (Fsp3) is 0.273. The lowest BCUT2D eigenvalue weighted by Crippen LogP contribution is -2.24. The number of hydrogen-bond donors (Lipinski definition) is 1. The molecular formula is C11H10ClF2N5O. The molecule has 0 bridgehead atoms. The quantitative estimate of drug-likeness (QED) is 0.842. The molecule has 9 heteroatoms. The van der Waals surface area contributed by atoms with E-state index in [2.05, 4.69) is 20.8 Å². The molecule has 6 nitrogen and oxygen atoms in total. The molecule has 0 spiro atoms. The highest BCUT2D eigenvalue weighted by Crippen LogP contribution is 2.13. The lowest BCUT2D eigenvalue weighted by molar-refractivity contribution is -0.120. The minimum atomic E-state index is -1.00. The molecule has 0 aliphatic heterocycles. The molecular weight excluding hydrogens is 292 g/mol. The summed E-state index contributed by atoms with van der Waals surface area (Å²) < 4.78 is 27.3. The average molecular weight is 302 g/mol. The molecule has 1 aromatic carbocycles. The maximum atomic E-state index is 13.2. The molecule has 0 aliphatic carbocycles. The lowest BCUT2D eigenvalue weighted by atomic mass is 10.3. The molecule has 2 aromatic rings. The van der Waals surface area contributed by atoms with Crippen LogP contribution < -0.4 is 5.32 Å². The van der Waals surface area contributed by atoms with Crippen LogP contribution in [0.25, 0.3) is 5.69 Å². The van der Waals surface area contributed by atoms with E-state index in [0.717, 1.165) is 12.1 Å². The van der Waals surface area contributed by atoms with Gasteiger partial charge in [0, 0.05) is 18.4 Å². The monoisotopic (exact) mass is 301 g/mol. The summed E-state index contributed by atoms with van der Waals surface area (Å²) in [6.07, 6.45) is 0.175. The van der Waals surface area contributed by atoms with E-state index in [0.29, 0.717) is 5.82 Å². The van der Waals surface area contributed by atoms with Crippen LogP contribution in [-0.4, -0.2) is 32.0 Å². The van der Waals surface area contributed by atoms with Crippen LogP contribution in [0, 0.1) is 11.6 Å². The second-order valence-corrected chi connectivity index (χ2v) is 4.20. The summed E-state index contributed by atoms with van der Waals surface area (Å²) in [4.78, 5) is 11.3. The van der Waals surface area contributed by atoms with Crippen molar-refractivity contribution in [1.29, 1.82) is 0 Å². The summed E-state index contributed by atoms with van der Waals surface area (Å²) in [6, 6.07) is 3.27. The third-order valence-electron chi connectivity index (χ3n) is 2.45. The Morgan fingerprint density at radius 2 is 2.15 bits per heavy atom. The first kappa shape index (κ1) is 14.3. The molecule has 1 amide bonds. The lowest BCUT2D eigenvalue weighted by Gasteiger charge is -2.06. The number of alkyl halides is 1. The van der Waals surface area contributed by atoms with Crippen LogP contribution >= 0.6 is 11.6 Å². The van der Waals surface area contributed by atoms with Gasteiger partial charge in [0.05, 0.1) is 12.2 Å². The first-order chi connectivity index (χ1) is 9.61. The van der Waals surface area contributed by atoms with E-state index in [-0.39, 0.29) is 30.4 Å². The normalized spacial score (nSPS) is 10.6. The van der Waals surface area contributed by atoms with Crippen molar-refractivity contribution in [3.05, 3.63) is 35.7 Å². The van der Waals surface area contributed by atoms with Crippen LogP contribution in [0.1, 0.15) is 12.2 Å². The number of benzene rings is 1. The van der Waals surface area contributed by atoms with Crippen LogP contribution in [0.2, 0.25) is 0 Å². The van der Waals surface area contributed by atoms with E-state index in [1.54, 1.807) is 0 Å². The predicted octanol–water partition coefficient (Wildman–Crippen LogP) is 1.19. The first-order valence-electron chi connectivity index (χ1n) is 5.67. The molecule has 20 heavy (non-hydrogen) atoms. The smallest absolute Gasteiger partial charge is 0.221 e. The molecule has 0 aliphatic rings. The maximum Gasteiger partial charge on any atom is 0.221 e. The van der Waals surface area contributed by atoms with Gasteiger partial charge >= 0.3 is 0 Å². The number of rotatable bonds is 5. The number of amides is 1. The second-order valence-electron chi connectivity index (χ2n) is 3.82. The van der Waals surface area contributed by atoms with Crippen molar-refractivity contribution in [3.63, 3.8) is 0 Å². The van der Waals surface area contributed by atoms with Gasteiger partial charge in [-0.25, -0.2) is 8.78 Å². The summed E-state index contributed by atoms with van der Waals surface area (Å²) in [7, 11) is 0. The van der Waals surface area contributed by atoms with E-state index in [1.165, 1.54) is 10.7 Å². The summed E-state index contributed by atoms with van der Waals surface area (Å²) in [6.45, 7) is 0.0573. The van der Waals surface area contributed by atoms with E-state index in [1.807, 2.05) is 0 Å². The predicted molar refractivity (Wildman–Crippen MR) is 66.3 cm³/mol. The van der Waals surface area contributed by atoms with E-state index in [4.69, 9.17) is 11.6 Å². The molecule has 1 N–H and O–H groups in total. The van der Waals surface area contributed by atoms with Crippen LogP contribution in [-0.2, 0) is 11.3 Å². The number of nitrogens with one attached hydrogen (secondary N) is 1. The largest absolute Gasteiger partial charge is 0.349 e. The summed E-state index contributed by atoms with van der Waals surface area (Å²) in [5.41, 5.74) is 0.260. The van der Waals surface area contributed by atoms with Gasteiger partial charge in [-0.3, -0.25) is 4.79 Å². The fourth-order valence-electron chi connectivity index (χ4n) is 1.49. The highest BCUT2D eigenvalue weighted by atomic mass is 35.5. The van der Waals surface area contributed by atoms with E-state index in [9.17, 15) is 13.6 Å². The second kappa shape index (κ2) is 6.38. The highest BCUT2D eigenvalue weighted by Gasteiger charge is 2.11. The molecule has 106 valence electrons. The van der Waals surface area contributed by atoms with Crippen molar-refractivity contribution in [2.75, 3.05) is 5.88 Å². The van der Waals surface area contributed by atoms with Gasteiger partial charge in [-0.05, 0) is 22.6 Å². The minimum Gasteiger partial charge on any atom is -0.349 e. The Bertz CT molecular complexity index is 619. The van der Waals surface area contributed by atoms with Crippen LogP contribution in [0.4, 0.5) is 8.78 Å². The zero-order valence-corrected chi connectivity index (χ0v) is 10.9. The van der Waals surface area contributed by atoms with Crippen molar-refractivity contribution in [3.8, 4) is 5.69 Å². The maximum absolute atomic E-state index is 13.2. The molecule has 0 saturated heterocycles. The minimum absolute atomic E-state index is 0.0573. The Labute approximate surface area is 117 Å². The Hall–Kier alpha value is -2.09. The standard InChI is InChI=1S/C11H10ClF2N5O/c12-4-3-11(20)15-6-10-16-17-18-19(10)7-1-2-8(13)9(14)5-7/h1-2,5H,3-4,6H2,(H,15,20). The molecule has 0 unspecified atom stereocenters. The molecule has 0 fully saturated rings. The number of carbonyl (C=O) groups is 1. The number of tetrazole rings is 1. The van der Waals surface area contributed by atoms with Crippen molar-refractivity contribution in [2.45, 2.75) is 13.0 Å². The Kier molecular flexibility index (Phi) is 4.57. The van der Waals surface area contributed by atoms with Crippen molar-refractivity contribution in [1.82, 2.24) is 25.5 Å². The first-order valence-corrected chi connectivity index (χ1v) is 6.20. The molecule has 1 heterocycles. The van der Waals surface area contributed by atoms with Gasteiger partial charge < -0.3 is 5.32 Å². The molecule has 0 saturated carbocycles. The van der Waals surface area contributed by atoms with Crippen LogP contribution in [0.15, 0.2) is 18.2 Å². The van der Waals surface area contributed by atoms with Crippen LogP contribution in [0.3, 0.4) is 0 Å². The molecule has 2 rings (SSSR count). The van der Waals surface area contributed by atoms with Gasteiger partial charge in [0.2, 0.25) is 5.91 Å². The van der Waals surface area contributed by atoms with Crippen molar-refractivity contribution < 1.29 is 13.6 Å². The SMILES string of the molecule is O=C(CCCl)NCc1nnnn1-c1ccc(F)c(F)c1. The van der Waals surface area contributed by atoms with Gasteiger partial charge in [-0.15, -0.1) is 16.7 Å². The Morgan fingerprint density at radius 3 is 2.85 bits per heavy atom. The Morgan fingerprint density at radius 1 is 1.35 bits per heavy atom. The van der Waals surface area contributed by atoms with E-state index >= 15 is 0 Å². The number of nitrogens with zero attached hydrogens (tertiary/aromatic N) is 4. The number of halogens is 3. The topological polar surface area (TPSA) is 72.7 Å². The molecule has 1 aromatic heterocycles. The van der Waals surface area contributed by atoms with Gasteiger partial charge in [-0.2, -0.15) is 4.68 Å². The number of aromatic nitrogens is 4. The summed E-state index contributed by atoms with van der Waals surface area (Å²) in [5.74, 6) is -1.72. The van der Waals surface area contributed by atoms with Crippen molar-refractivity contribution in [2.24, 2.45) is 0 Å².